The van der Waals surface area contributed by atoms with Crippen LogP contribution in [0.25, 0.3) is 0 Å². The van der Waals surface area contributed by atoms with E-state index in [2.05, 4.69) is 10.6 Å². The molecule has 1 aliphatic carbocycles. The number of nitrogens with one attached hydrogen (secondary N) is 2. The third-order valence-electron chi connectivity index (χ3n) is 3.76. The number of phenols is 1. The Kier molecular flexibility index (Phi) is 5.03. The summed E-state index contributed by atoms with van der Waals surface area (Å²) >= 11 is 0. The van der Waals surface area contributed by atoms with Gasteiger partial charge in [-0.05, 0) is 30.9 Å². The number of amides is 2. The van der Waals surface area contributed by atoms with Crippen molar-refractivity contribution in [1.29, 1.82) is 0 Å². The average Bonchev–Trinajstić information content (AvgIpc) is 2.46. The molecule has 0 spiro atoms. The van der Waals surface area contributed by atoms with Gasteiger partial charge in [-0.2, -0.15) is 0 Å². The highest BCUT2D eigenvalue weighted by Gasteiger charge is 2.15. The molecular formula is C15H20N2O4. The van der Waals surface area contributed by atoms with Crippen molar-refractivity contribution >= 4 is 17.7 Å². The molecule has 0 saturated heterocycles. The standard InChI is InChI=1S/C15H20N2O4/c18-13-8-11(6-7-12(13)14(19)20)17-15(21)16-9-10-4-2-1-3-5-10/h6-8,10,18H,1-5,9H2,(H,19,20)(H2,16,17,21). The van der Waals surface area contributed by atoms with E-state index >= 15 is 0 Å². The van der Waals surface area contributed by atoms with E-state index in [0.717, 1.165) is 12.8 Å². The van der Waals surface area contributed by atoms with Gasteiger partial charge in [0.1, 0.15) is 11.3 Å². The number of rotatable bonds is 4. The number of carbonyl (C=O) groups excluding carboxylic acids is 1. The van der Waals surface area contributed by atoms with Gasteiger partial charge in [-0.15, -0.1) is 0 Å². The maximum atomic E-state index is 11.8. The smallest absolute Gasteiger partial charge is 0.339 e. The Balaban J connectivity index is 1.84. The average molecular weight is 292 g/mol. The Morgan fingerprint density at radius 2 is 1.90 bits per heavy atom. The molecular weight excluding hydrogens is 272 g/mol. The van der Waals surface area contributed by atoms with Crippen molar-refractivity contribution in [3.05, 3.63) is 23.8 Å². The second-order valence-corrected chi connectivity index (χ2v) is 5.38. The van der Waals surface area contributed by atoms with E-state index in [9.17, 15) is 14.7 Å². The molecule has 2 rings (SSSR count). The van der Waals surface area contributed by atoms with Gasteiger partial charge in [0.05, 0.1) is 0 Å². The summed E-state index contributed by atoms with van der Waals surface area (Å²) in [4.78, 5) is 22.5. The van der Waals surface area contributed by atoms with Crippen LogP contribution in [0.1, 0.15) is 42.5 Å². The van der Waals surface area contributed by atoms with Gasteiger partial charge >= 0.3 is 12.0 Å². The highest BCUT2D eigenvalue weighted by molar-refractivity contribution is 5.93. The summed E-state index contributed by atoms with van der Waals surface area (Å²) in [6, 6.07) is 3.59. The molecule has 0 atom stereocenters. The SMILES string of the molecule is O=C(NCC1CCCCC1)Nc1ccc(C(=O)O)c(O)c1. The van der Waals surface area contributed by atoms with Gasteiger partial charge in [-0.3, -0.25) is 0 Å². The molecule has 0 aromatic heterocycles. The first-order valence-corrected chi connectivity index (χ1v) is 7.17. The van der Waals surface area contributed by atoms with Gasteiger partial charge in [0.15, 0.2) is 0 Å². The van der Waals surface area contributed by atoms with E-state index < -0.39 is 5.97 Å². The molecule has 1 aromatic carbocycles. The molecule has 1 saturated carbocycles. The largest absolute Gasteiger partial charge is 0.507 e. The van der Waals surface area contributed by atoms with Crippen molar-refractivity contribution < 1.29 is 19.8 Å². The number of hydrogen-bond donors (Lipinski definition) is 4. The van der Waals surface area contributed by atoms with E-state index in [1.54, 1.807) is 0 Å². The number of carboxylic acid groups (broad SMARTS) is 1. The highest BCUT2D eigenvalue weighted by Crippen LogP contribution is 2.23. The lowest BCUT2D eigenvalue weighted by molar-refractivity contribution is 0.0694. The molecule has 114 valence electrons. The number of anilines is 1. The van der Waals surface area contributed by atoms with Crippen LogP contribution in [-0.4, -0.2) is 28.8 Å². The molecule has 0 bridgehead atoms. The summed E-state index contributed by atoms with van der Waals surface area (Å²) in [7, 11) is 0. The van der Waals surface area contributed by atoms with Crippen LogP contribution in [0.3, 0.4) is 0 Å². The van der Waals surface area contributed by atoms with Crippen molar-refractivity contribution in [1.82, 2.24) is 5.32 Å². The van der Waals surface area contributed by atoms with Gasteiger partial charge in [-0.1, -0.05) is 19.3 Å². The second-order valence-electron chi connectivity index (χ2n) is 5.38. The molecule has 0 radical (unpaired) electrons. The topological polar surface area (TPSA) is 98.7 Å². The van der Waals surface area contributed by atoms with Crippen LogP contribution >= 0.6 is 0 Å². The Hall–Kier alpha value is -2.24. The first kappa shape index (κ1) is 15.2. The van der Waals surface area contributed by atoms with Gasteiger partial charge in [0.2, 0.25) is 0 Å². The zero-order chi connectivity index (χ0) is 15.2. The lowest BCUT2D eigenvalue weighted by atomic mass is 9.89. The Morgan fingerprint density at radius 1 is 1.19 bits per heavy atom. The third kappa shape index (κ3) is 4.37. The Bertz CT molecular complexity index is 524. The molecule has 0 heterocycles. The summed E-state index contributed by atoms with van der Waals surface area (Å²) in [5.41, 5.74) is 0.168. The molecule has 4 N–H and O–H groups in total. The number of benzene rings is 1. The van der Waals surface area contributed by atoms with Gasteiger partial charge in [0.25, 0.3) is 0 Å². The number of carboxylic acids is 1. The van der Waals surface area contributed by atoms with E-state index in [4.69, 9.17) is 5.11 Å². The quantitative estimate of drug-likeness (QED) is 0.685. The van der Waals surface area contributed by atoms with Gasteiger partial charge in [0, 0.05) is 18.3 Å². The maximum absolute atomic E-state index is 11.8. The van der Waals surface area contributed by atoms with Crippen LogP contribution in [0.15, 0.2) is 18.2 Å². The maximum Gasteiger partial charge on any atom is 0.339 e. The minimum Gasteiger partial charge on any atom is -0.507 e. The Labute approximate surface area is 123 Å². The Morgan fingerprint density at radius 3 is 2.52 bits per heavy atom. The van der Waals surface area contributed by atoms with Crippen LogP contribution in [-0.2, 0) is 0 Å². The molecule has 1 fully saturated rings. The number of urea groups is 1. The van der Waals surface area contributed by atoms with Crippen molar-refractivity contribution in [3.8, 4) is 5.75 Å². The summed E-state index contributed by atoms with van der Waals surface area (Å²) in [6.07, 6.45) is 6.01. The number of aromatic hydroxyl groups is 1. The fraction of sp³-hybridized carbons (Fsp3) is 0.467. The first-order valence-electron chi connectivity index (χ1n) is 7.17. The van der Waals surface area contributed by atoms with Crippen molar-refractivity contribution in [2.45, 2.75) is 32.1 Å². The molecule has 21 heavy (non-hydrogen) atoms. The summed E-state index contributed by atoms with van der Waals surface area (Å²) in [5, 5.41) is 23.8. The minimum atomic E-state index is -1.21. The lowest BCUT2D eigenvalue weighted by Crippen LogP contribution is -2.33. The van der Waals surface area contributed by atoms with Crippen molar-refractivity contribution in [2.75, 3.05) is 11.9 Å². The number of hydrogen-bond acceptors (Lipinski definition) is 3. The fourth-order valence-corrected chi connectivity index (χ4v) is 2.59. The van der Waals surface area contributed by atoms with Gasteiger partial charge in [-0.25, -0.2) is 9.59 Å². The van der Waals surface area contributed by atoms with Crippen LogP contribution in [0.2, 0.25) is 0 Å². The van der Waals surface area contributed by atoms with Crippen LogP contribution < -0.4 is 10.6 Å². The summed E-state index contributed by atoms with van der Waals surface area (Å²) in [5.74, 6) is -1.04. The first-order chi connectivity index (χ1) is 10.1. The molecule has 6 heteroatoms. The highest BCUT2D eigenvalue weighted by atomic mass is 16.4. The number of aromatic carboxylic acids is 1. The van der Waals surface area contributed by atoms with Crippen LogP contribution in [0, 0.1) is 5.92 Å². The number of carbonyl (C=O) groups is 2. The van der Waals surface area contributed by atoms with E-state index in [0.29, 0.717) is 18.2 Å². The van der Waals surface area contributed by atoms with Crippen molar-refractivity contribution in [2.24, 2.45) is 5.92 Å². The van der Waals surface area contributed by atoms with Crippen molar-refractivity contribution in [3.63, 3.8) is 0 Å². The predicted octanol–water partition coefficient (Wildman–Crippen LogP) is 2.79. The molecule has 2 amide bonds. The lowest BCUT2D eigenvalue weighted by Gasteiger charge is -2.21. The molecule has 6 nitrogen and oxygen atoms in total. The predicted molar refractivity (Wildman–Crippen MR) is 78.7 cm³/mol. The molecule has 0 unspecified atom stereocenters. The second kappa shape index (κ2) is 6.97. The summed E-state index contributed by atoms with van der Waals surface area (Å²) in [6.45, 7) is 0.644. The van der Waals surface area contributed by atoms with E-state index in [1.807, 2.05) is 0 Å². The van der Waals surface area contributed by atoms with E-state index in [1.165, 1.54) is 37.5 Å². The van der Waals surface area contributed by atoms with Crippen LogP contribution in [0.4, 0.5) is 10.5 Å². The zero-order valence-electron chi connectivity index (χ0n) is 11.8. The molecule has 0 aliphatic heterocycles. The summed E-state index contributed by atoms with van der Waals surface area (Å²) < 4.78 is 0. The van der Waals surface area contributed by atoms with Crippen LogP contribution in [0.5, 0.6) is 5.75 Å². The molecule has 1 aromatic rings. The third-order valence-corrected chi connectivity index (χ3v) is 3.76. The zero-order valence-corrected chi connectivity index (χ0v) is 11.8. The van der Waals surface area contributed by atoms with Gasteiger partial charge < -0.3 is 20.8 Å². The minimum absolute atomic E-state index is 0.192. The molecule has 1 aliphatic rings. The monoisotopic (exact) mass is 292 g/mol. The van der Waals surface area contributed by atoms with E-state index in [-0.39, 0.29) is 17.3 Å². The normalized spacial score (nSPS) is 15.4. The fourth-order valence-electron chi connectivity index (χ4n) is 2.59.